The molecule has 0 atom stereocenters. The highest BCUT2D eigenvalue weighted by atomic mass is 32.2. The number of nitrogens with zero attached hydrogens (tertiary/aromatic N) is 2. The Balaban J connectivity index is 1.98. The number of ether oxygens (including phenoxy) is 1. The fourth-order valence-electron chi connectivity index (χ4n) is 2.33. The smallest absolute Gasteiger partial charge is 0.270 e. The van der Waals surface area contributed by atoms with Crippen LogP contribution < -0.4 is 9.46 Å². The maximum absolute atomic E-state index is 12.4. The quantitative estimate of drug-likeness (QED) is 0.352. The first-order valence-electron chi connectivity index (χ1n) is 8.35. The molecule has 0 spiro atoms. The lowest BCUT2D eigenvalue weighted by molar-refractivity contribution is -0.385. The van der Waals surface area contributed by atoms with Gasteiger partial charge in [-0.25, -0.2) is 25.9 Å². The third-order valence-corrected chi connectivity index (χ3v) is 7.37. The number of hydrogen-bond acceptors (Lipinski definition) is 7. The minimum atomic E-state index is -3.96. The summed E-state index contributed by atoms with van der Waals surface area (Å²) in [7, 11) is -4.65. The van der Waals surface area contributed by atoms with E-state index >= 15 is 0 Å². The number of sulfonamides is 2. The van der Waals surface area contributed by atoms with Gasteiger partial charge in [-0.1, -0.05) is 6.07 Å². The average Bonchev–Trinajstić information content (AvgIpc) is 2.65. The first-order chi connectivity index (χ1) is 13.4. The summed E-state index contributed by atoms with van der Waals surface area (Å²) < 4.78 is 57.6. The van der Waals surface area contributed by atoms with E-state index < -0.39 is 25.0 Å². The number of nitrogens with one attached hydrogen (secondary N) is 1. The molecule has 10 nitrogen and oxygen atoms in total. The molecule has 0 aromatic heterocycles. The largest absolute Gasteiger partial charge is 0.492 e. The molecule has 0 amide bonds. The summed E-state index contributed by atoms with van der Waals surface area (Å²) in [5.41, 5.74) is 0.0571. The fourth-order valence-corrected chi connectivity index (χ4v) is 4.51. The summed E-state index contributed by atoms with van der Waals surface area (Å²) in [6.45, 7) is 1.44. The van der Waals surface area contributed by atoms with Gasteiger partial charge in [0.25, 0.3) is 5.69 Å². The van der Waals surface area contributed by atoms with Crippen LogP contribution in [0.3, 0.4) is 0 Å². The van der Waals surface area contributed by atoms with Crippen molar-refractivity contribution in [2.45, 2.75) is 16.7 Å². The van der Waals surface area contributed by atoms with Crippen LogP contribution in [0.5, 0.6) is 5.75 Å². The van der Waals surface area contributed by atoms with Gasteiger partial charge in [-0.3, -0.25) is 10.1 Å². The summed E-state index contributed by atoms with van der Waals surface area (Å²) >= 11 is 0. The molecule has 1 N–H and O–H groups in total. The Morgan fingerprint density at radius 2 is 1.69 bits per heavy atom. The highest BCUT2D eigenvalue weighted by molar-refractivity contribution is 7.89. The Bertz CT molecular complexity index is 1100. The molecule has 158 valence electrons. The molecule has 2 aromatic carbocycles. The third-order valence-electron chi connectivity index (χ3n) is 3.94. The molecule has 0 saturated carbocycles. The van der Waals surface area contributed by atoms with E-state index in [1.54, 1.807) is 0 Å². The molecule has 2 rings (SSSR count). The van der Waals surface area contributed by atoms with Crippen LogP contribution in [0.15, 0.2) is 52.3 Å². The minimum Gasteiger partial charge on any atom is -0.492 e. The molecule has 0 heterocycles. The number of non-ortho nitro benzene ring substituents is 1. The van der Waals surface area contributed by atoms with Crippen molar-refractivity contribution in [3.63, 3.8) is 0 Å². The maximum atomic E-state index is 12.4. The lowest BCUT2D eigenvalue weighted by Crippen LogP contribution is -2.28. The molecular weight excluding hydrogens is 422 g/mol. The second kappa shape index (κ2) is 8.86. The van der Waals surface area contributed by atoms with Crippen molar-refractivity contribution in [3.8, 4) is 5.75 Å². The first-order valence-corrected chi connectivity index (χ1v) is 11.3. The number of benzene rings is 2. The fraction of sp³-hybridized carbons (Fsp3) is 0.294. The van der Waals surface area contributed by atoms with Gasteiger partial charge >= 0.3 is 0 Å². The predicted octanol–water partition coefficient (Wildman–Crippen LogP) is 1.51. The highest BCUT2D eigenvalue weighted by Gasteiger charge is 2.20. The normalized spacial score (nSPS) is 12.1. The van der Waals surface area contributed by atoms with Gasteiger partial charge in [0.15, 0.2) is 0 Å². The lowest BCUT2D eigenvalue weighted by Gasteiger charge is -2.12. The van der Waals surface area contributed by atoms with Gasteiger partial charge in [0.1, 0.15) is 12.4 Å². The molecule has 29 heavy (non-hydrogen) atoms. The molecule has 0 aliphatic rings. The number of hydrogen-bond donors (Lipinski definition) is 1. The van der Waals surface area contributed by atoms with Crippen LogP contribution in [0.1, 0.15) is 5.56 Å². The van der Waals surface area contributed by atoms with Crippen LogP contribution in [0, 0.1) is 17.0 Å². The summed E-state index contributed by atoms with van der Waals surface area (Å²) in [4.78, 5) is 10.1. The van der Waals surface area contributed by atoms with Crippen LogP contribution in [-0.4, -0.2) is 53.3 Å². The summed E-state index contributed by atoms with van der Waals surface area (Å²) in [5, 5.41) is 10.9. The summed E-state index contributed by atoms with van der Waals surface area (Å²) in [5.74, 6) is 0.369. The Labute approximate surface area is 169 Å². The van der Waals surface area contributed by atoms with Crippen LogP contribution in [-0.2, 0) is 20.0 Å². The van der Waals surface area contributed by atoms with E-state index in [1.165, 1.54) is 57.4 Å². The van der Waals surface area contributed by atoms with Crippen molar-refractivity contribution in [2.24, 2.45) is 0 Å². The van der Waals surface area contributed by atoms with Crippen molar-refractivity contribution in [1.29, 1.82) is 0 Å². The first kappa shape index (κ1) is 22.7. The molecule has 2 aromatic rings. The van der Waals surface area contributed by atoms with E-state index in [0.717, 1.165) is 10.4 Å². The summed E-state index contributed by atoms with van der Waals surface area (Å²) in [6, 6.07) is 9.32. The molecule has 12 heteroatoms. The van der Waals surface area contributed by atoms with Crippen molar-refractivity contribution in [2.75, 3.05) is 27.2 Å². The second-order valence-electron chi connectivity index (χ2n) is 6.21. The number of rotatable bonds is 9. The van der Waals surface area contributed by atoms with E-state index in [9.17, 15) is 26.9 Å². The molecule has 0 unspecified atom stereocenters. The Morgan fingerprint density at radius 3 is 2.24 bits per heavy atom. The molecule has 0 bridgehead atoms. The average molecular weight is 444 g/mol. The number of nitro groups is 1. The second-order valence-corrected chi connectivity index (χ2v) is 10.1. The zero-order chi connectivity index (χ0) is 21.8. The van der Waals surface area contributed by atoms with Gasteiger partial charge in [-0.2, -0.15) is 0 Å². The molecule has 0 saturated heterocycles. The third kappa shape index (κ3) is 5.50. The molecular formula is C17H21N3O7S2. The Morgan fingerprint density at radius 1 is 1.07 bits per heavy atom. The van der Waals surface area contributed by atoms with E-state index in [2.05, 4.69) is 4.72 Å². The van der Waals surface area contributed by atoms with Crippen molar-refractivity contribution >= 4 is 25.7 Å². The number of nitro benzene ring substituents is 1. The zero-order valence-electron chi connectivity index (χ0n) is 16.0. The van der Waals surface area contributed by atoms with Crippen molar-refractivity contribution < 1.29 is 26.5 Å². The van der Waals surface area contributed by atoms with Crippen LogP contribution in [0.4, 0.5) is 5.69 Å². The van der Waals surface area contributed by atoms with Crippen LogP contribution in [0.2, 0.25) is 0 Å². The highest BCUT2D eigenvalue weighted by Crippen LogP contribution is 2.21. The molecule has 0 aliphatic heterocycles. The van der Waals surface area contributed by atoms with Gasteiger partial charge in [0.05, 0.1) is 14.7 Å². The van der Waals surface area contributed by atoms with E-state index in [1.807, 2.05) is 0 Å². The van der Waals surface area contributed by atoms with Gasteiger partial charge in [-0.05, 0) is 36.8 Å². The van der Waals surface area contributed by atoms with E-state index in [4.69, 9.17) is 4.74 Å². The van der Waals surface area contributed by atoms with Gasteiger partial charge in [-0.15, -0.1) is 0 Å². The Hall–Kier alpha value is -2.54. The van der Waals surface area contributed by atoms with Gasteiger partial charge < -0.3 is 4.74 Å². The SMILES string of the molecule is Cc1ccc([N+](=O)[O-])cc1S(=O)(=O)NCCOc1ccc(S(=O)(=O)N(C)C)cc1. The van der Waals surface area contributed by atoms with E-state index in [0.29, 0.717) is 11.3 Å². The predicted molar refractivity (Wildman–Crippen MR) is 106 cm³/mol. The topological polar surface area (TPSA) is 136 Å². The lowest BCUT2D eigenvalue weighted by atomic mass is 10.2. The van der Waals surface area contributed by atoms with Crippen LogP contribution >= 0.6 is 0 Å². The van der Waals surface area contributed by atoms with E-state index in [-0.39, 0.29) is 28.6 Å². The molecule has 0 fully saturated rings. The number of aryl methyl sites for hydroxylation is 1. The summed E-state index contributed by atoms with van der Waals surface area (Å²) in [6.07, 6.45) is 0. The van der Waals surface area contributed by atoms with Gasteiger partial charge in [0, 0.05) is 32.8 Å². The zero-order valence-corrected chi connectivity index (χ0v) is 17.7. The van der Waals surface area contributed by atoms with Crippen LogP contribution in [0.25, 0.3) is 0 Å². The van der Waals surface area contributed by atoms with Crippen molar-refractivity contribution in [1.82, 2.24) is 9.03 Å². The van der Waals surface area contributed by atoms with Gasteiger partial charge in [0.2, 0.25) is 20.0 Å². The maximum Gasteiger partial charge on any atom is 0.270 e. The van der Waals surface area contributed by atoms with Crippen molar-refractivity contribution in [3.05, 3.63) is 58.1 Å². The monoisotopic (exact) mass is 443 g/mol. The standard InChI is InChI=1S/C17H21N3O7S2/c1-13-4-5-14(20(21)22)12-17(13)28(23,24)18-10-11-27-15-6-8-16(9-7-15)29(25,26)19(2)3/h4-9,12,18H,10-11H2,1-3H3. The molecule has 0 aliphatic carbocycles. The Kier molecular flexibility index (Phi) is 6.95. The minimum absolute atomic E-state index is 0.0209. The molecule has 0 radical (unpaired) electrons.